The lowest BCUT2D eigenvalue weighted by molar-refractivity contribution is 0.0697. The minimum Gasteiger partial charge on any atom is -0.478 e. The molecule has 3 aromatic rings. The molecule has 3 aromatic carbocycles. The average molecular weight is 374 g/mol. The molecule has 0 aliphatic carbocycles. The summed E-state index contributed by atoms with van der Waals surface area (Å²) in [6.45, 7) is 1.53. The lowest BCUT2D eigenvalue weighted by Gasteiger charge is -2.11. The third kappa shape index (κ3) is 4.57. The molecule has 142 valence electrons. The fourth-order valence-corrected chi connectivity index (χ4v) is 3.01. The van der Waals surface area contributed by atoms with Crippen LogP contribution in [-0.4, -0.2) is 16.9 Å². The molecule has 0 heterocycles. The number of carboxylic acid groups (broad SMARTS) is 1. The molecule has 5 nitrogen and oxygen atoms in total. The Balaban J connectivity index is 1.65. The van der Waals surface area contributed by atoms with Gasteiger partial charge in [-0.2, -0.15) is 0 Å². The molecule has 0 aliphatic rings. The maximum absolute atomic E-state index is 11.4. The molecule has 28 heavy (non-hydrogen) atoms. The maximum Gasteiger partial charge on any atom is 0.337 e. The number of carbonyl (C=O) groups is 2. The van der Waals surface area contributed by atoms with Crippen molar-refractivity contribution in [2.24, 2.45) is 0 Å². The number of nitrogen functional groups attached to an aromatic ring is 1. The molecule has 3 rings (SSSR count). The van der Waals surface area contributed by atoms with Gasteiger partial charge in [0.05, 0.1) is 11.3 Å². The van der Waals surface area contributed by atoms with Gasteiger partial charge in [0.1, 0.15) is 0 Å². The summed E-state index contributed by atoms with van der Waals surface area (Å²) in [5, 5.41) is 12.4. The van der Waals surface area contributed by atoms with Crippen LogP contribution < -0.4 is 11.1 Å². The number of rotatable bonds is 7. The van der Waals surface area contributed by atoms with Crippen molar-refractivity contribution >= 4 is 28.8 Å². The second kappa shape index (κ2) is 8.39. The average Bonchev–Trinajstić information content (AvgIpc) is 2.68. The van der Waals surface area contributed by atoms with Crippen LogP contribution in [0.2, 0.25) is 0 Å². The van der Waals surface area contributed by atoms with Crippen LogP contribution in [0.15, 0.2) is 66.7 Å². The van der Waals surface area contributed by atoms with Crippen molar-refractivity contribution in [2.75, 3.05) is 11.1 Å². The van der Waals surface area contributed by atoms with E-state index in [1.165, 1.54) is 6.92 Å². The van der Waals surface area contributed by atoms with Crippen molar-refractivity contribution in [3.63, 3.8) is 0 Å². The van der Waals surface area contributed by atoms with Gasteiger partial charge in [-0.1, -0.05) is 36.4 Å². The predicted molar refractivity (Wildman–Crippen MR) is 111 cm³/mol. The molecule has 0 spiro atoms. The molecular formula is C23H22N2O3. The molecule has 0 unspecified atom stereocenters. The van der Waals surface area contributed by atoms with Crippen LogP contribution in [0.1, 0.15) is 38.8 Å². The third-order valence-corrected chi connectivity index (χ3v) is 4.63. The highest BCUT2D eigenvalue weighted by atomic mass is 16.4. The number of aromatic carboxylic acids is 1. The van der Waals surface area contributed by atoms with Gasteiger partial charge in [0.25, 0.3) is 0 Å². The Morgan fingerprint density at radius 1 is 0.964 bits per heavy atom. The predicted octanol–water partition coefficient (Wildman–Crippen LogP) is 4.70. The van der Waals surface area contributed by atoms with E-state index >= 15 is 0 Å². The number of anilines is 3. The fourth-order valence-electron chi connectivity index (χ4n) is 3.01. The van der Waals surface area contributed by atoms with Crippen molar-refractivity contribution in [1.82, 2.24) is 0 Å². The number of carbonyl (C=O) groups excluding carboxylic acids is 1. The Morgan fingerprint density at radius 2 is 1.68 bits per heavy atom. The van der Waals surface area contributed by atoms with E-state index in [9.17, 15) is 14.7 Å². The fraction of sp³-hybridized carbons (Fsp3) is 0.130. The summed E-state index contributed by atoms with van der Waals surface area (Å²) >= 11 is 0. The zero-order chi connectivity index (χ0) is 20.1. The smallest absolute Gasteiger partial charge is 0.337 e. The second-order valence-electron chi connectivity index (χ2n) is 6.64. The van der Waals surface area contributed by atoms with E-state index in [0.717, 1.165) is 29.7 Å². The number of hydrogen-bond donors (Lipinski definition) is 3. The molecule has 0 saturated carbocycles. The van der Waals surface area contributed by atoms with E-state index in [1.807, 2.05) is 30.3 Å². The summed E-state index contributed by atoms with van der Waals surface area (Å²) < 4.78 is 0. The van der Waals surface area contributed by atoms with Gasteiger partial charge >= 0.3 is 5.97 Å². The number of Topliss-reactive ketones (excluding diaryl/α,β-unsaturated/α-hetero) is 1. The Bertz CT molecular complexity index is 1010. The summed E-state index contributed by atoms with van der Waals surface area (Å²) in [6.07, 6.45) is 1.59. The maximum atomic E-state index is 11.4. The van der Waals surface area contributed by atoms with E-state index in [1.54, 1.807) is 36.4 Å². The standard InChI is InChI=1S/C23H22N2O3/c1-15(26)18-11-10-17(21(24)14-18)9-6-16-7-12-19(13-8-16)25-22-5-3-2-4-20(22)23(27)28/h2-5,7-8,10-14,25H,6,9,24H2,1H3,(H,27,28). The van der Waals surface area contributed by atoms with Gasteiger partial charge in [0.15, 0.2) is 5.78 Å². The van der Waals surface area contributed by atoms with Gasteiger partial charge < -0.3 is 16.2 Å². The number of hydrogen-bond acceptors (Lipinski definition) is 4. The van der Waals surface area contributed by atoms with Crippen molar-refractivity contribution in [3.05, 3.63) is 89.0 Å². The van der Waals surface area contributed by atoms with E-state index < -0.39 is 5.97 Å². The van der Waals surface area contributed by atoms with Crippen LogP contribution in [-0.2, 0) is 12.8 Å². The van der Waals surface area contributed by atoms with Gasteiger partial charge in [-0.25, -0.2) is 4.79 Å². The number of ketones is 1. The van der Waals surface area contributed by atoms with Gasteiger partial charge in [-0.05, 0) is 61.2 Å². The van der Waals surface area contributed by atoms with Crippen LogP contribution in [0.4, 0.5) is 17.1 Å². The molecule has 0 aliphatic heterocycles. The first-order valence-electron chi connectivity index (χ1n) is 9.01. The number of benzene rings is 3. The lowest BCUT2D eigenvalue weighted by atomic mass is 10.0. The molecule has 0 bridgehead atoms. The molecule has 0 saturated heterocycles. The Kier molecular flexibility index (Phi) is 5.75. The van der Waals surface area contributed by atoms with Gasteiger partial charge in [0, 0.05) is 16.9 Å². The summed E-state index contributed by atoms with van der Waals surface area (Å²) in [4.78, 5) is 22.7. The SMILES string of the molecule is CC(=O)c1ccc(CCc2ccc(Nc3ccccc3C(=O)O)cc2)c(N)c1. The lowest BCUT2D eigenvalue weighted by Crippen LogP contribution is -2.02. The Morgan fingerprint density at radius 3 is 2.32 bits per heavy atom. The minimum atomic E-state index is -0.965. The number of nitrogens with one attached hydrogen (secondary N) is 1. The van der Waals surface area contributed by atoms with E-state index in [2.05, 4.69) is 5.32 Å². The number of para-hydroxylation sites is 1. The van der Waals surface area contributed by atoms with Crippen LogP contribution in [0.3, 0.4) is 0 Å². The van der Waals surface area contributed by atoms with Crippen LogP contribution in [0.25, 0.3) is 0 Å². The van der Waals surface area contributed by atoms with E-state index in [0.29, 0.717) is 16.9 Å². The van der Waals surface area contributed by atoms with Gasteiger partial charge in [-0.15, -0.1) is 0 Å². The van der Waals surface area contributed by atoms with Crippen LogP contribution >= 0.6 is 0 Å². The van der Waals surface area contributed by atoms with Crippen LogP contribution in [0.5, 0.6) is 0 Å². The van der Waals surface area contributed by atoms with Gasteiger partial charge in [0.2, 0.25) is 0 Å². The van der Waals surface area contributed by atoms with E-state index in [-0.39, 0.29) is 11.3 Å². The first-order valence-corrected chi connectivity index (χ1v) is 9.01. The third-order valence-electron chi connectivity index (χ3n) is 4.63. The number of nitrogens with two attached hydrogens (primary N) is 1. The zero-order valence-corrected chi connectivity index (χ0v) is 15.6. The summed E-state index contributed by atoms with van der Waals surface area (Å²) in [6, 6.07) is 20.1. The van der Waals surface area contributed by atoms with E-state index in [4.69, 9.17) is 5.73 Å². The minimum absolute atomic E-state index is 0.00538. The molecular weight excluding hydrogens is 352 g/mol. The van der Waals surface area contributed by atoms with Crippen LogP contribution in [0, 0.1) is 0 Å². The zero-order valence-electron chi connectivity index (χ0n) is 15.6. The normalized spacial score (nSPS) is 10.5. The van der Waals surface area contributed by atoms with Crippen molar-refractivity contribution < 1.29 is 14.7 Å². The largest absolute Gasteiger partial charge is 0.478 e. The quantitative estimate of drug-likeness (QED) is 0.412. The topological polar surface area (TPSA) is 92.4 Å². The first-order chi connectivity index (χ1) is 13.4. The monoisotopic (exact) mass is 374 g/mol. The van der Waals surface area contributed by atoms with Crippen molar-refractivity contribution in [2.45, 2.75) is 19.8 Å². The van der Waals surface area contributed by atoms with Crippen molar-refractivity contribution in [1.29, 1.82) is 0 Å². The highest BCUT2D eigenvalue weighted by molar-refractivity contribution is 5.95. The molecule has 4 N–H and O–H groups in total. The molecule has 0 aromatic heterocycles. The summed E-state index contributed by atoms with van der Waals surface area (Å²) in [5.41, 5.74) is 11.1. The van der Waals surface area contributed by atoms with Gasteiger partial charge in [-0.3, -0.25) is 4.79 Å². The number of carboxylic acids is 1. The molecule has 5 heteroatoms. The summed E-state index contributed by atoms with van der Waals surface area (Å²) in [7, 11) is 0. The molecule has 0 radical (unpaired) electrons. The Labute approximate surface area is 163 Å². The highest BCUT2D eigenvalue weighted by Gasteiger charge is 2.09. The summed E-state index contributed by atoms with van der Waals surface area (Å²) in [5.74, 6) is -0.959. The molecule has 0 atom stereocenters. The molecule has 0 amide bonds. The molecule has 0 fully saturated rings. The second-order valence-corrected chi connectivity index (χ2v) is 6.64. The van der Waals surface area contributed by atoms with Crippen molar-refractivity contribution in [3.8, 4) is 0 Å². The highest BCUT2D eigenvalue weighted by Crippen LogP contribution is 2.22. The first kappa shape index (κ1) is 19.2. The number of aryl methyl sites for hydroxylation is 2. The Hall–Kier alpha value is -3.60.